The highest BCUT2D eigenvalue weighted by Gasteiger charge is 2.37. The molecule has 10 heteroatoms. The number of rotatable bonds is 2. The number of fused-ring (bicyclic) bond motifs is 1. The molecule has 0 radical (unpaired) electrons. The van der Waals surface area contributed by atoms with Crippen LogP contribution < -0.4 is 9.03 Å². The van der Waals surface area contributed by atoms with Crippen molar-refractivity contribution in [2.75, 3.05) is 10.8 Å². The van der Waals surface area contributed by atoms with Crippen molar-refractivity contribution in [2.45, 2.75) is 0 Å². The second-order valence-corrected chi connectivity index (χ2v) is 7.47. The molecule has 0 spiro atoms. The number of phenols is 1. The number of phenolic OH excluding ortho intramolecular Hbond substituents is 1. The molecule has 4 rings (SSSR count). The molecule has 1 saturated heterocycles. The molecule has 1 amide bonds. The van der Waals surface area contributed by atoms with E-state index in [1.165, 1.54) is 12.1 Å². The predicted molar refractivity (Wildman–Crippen MR) is 92.2 cm³/mol. The first-order chi connectivity index (χ1) is 12.3. The fourth-order valence-corrected chi connectivity index (χ4v) is 4.16. The van der Waals surface area contributed by atoms with Crippen molar-refractivity contribution >= 4 is 32.7 Å². The number of carbonyl (C=O) groups excluding carboxylic acids is 1. The number of amides is 1. The lowest BCUT2D eigenvalue weighted by Gasteiger charge is -2.18. The number of hydrogen-bond donors (Lipinski definition) is 2. The fourth-order valence-electron chi connectivity index (χ4n) is 2.99. The first-order valence-electron chi connectivity index (χ1n) is 7.55. The number of benzene rings is 2. The number of nitrogens with zero attached hydrogens (tertiary/aromatic N) is 3. The molecule has 26 heavy (non-hydrogen) atoms. The number of carbonyl (C=O) groups is 1. The van der Waals surface area contributed by atoms with Gasteiger partial charge >= 0.3 is 10.2 Å². The van der Waals surface area contributed by atoms with E-state index < -0.39 is 39.9 Å². The molecule has 2 N–H and O–H groups in total. The summed E-state index contributed by atoms with van der Waals surface area (Å²) in [5.74, 6) is -2.31. The van der Waals surface area contributed by atoms with Crippen molar-refractivity contribution in [1.29, 1.82) is 0 Å². The van der Waals surface area contributed by atoms with E-state index in [0.29, 0.717) is 9.87 Å². The van der Waals surface area contributed by atoms with Crippen LogP contribution in [0.3, 0.4) is 0 Å². The Balaban J connectivity index is 1.89. The summed E-state index contributed by atoms with van der Waals surface area (Å²) >= 11 is 0. The zero-order valence-electron chi connectivity index (χ0n) is 13.5. The van der Waals surface area contributed by atoms with E-state index in [1.54, 1.807) is 40.8 Å². The molecule has 8 nitrogen and oxygen atoms in total. The third-order valence-corrected chi connectivity index (χ3v) is 5.60. The van der Waals surface area contributed by atoms with E-state index in [4.69, 9.17) is 0 Å². The van der Waals surface area contributed by atoms with Gasteiger partial charge in [-0.15, -0.1) is 0 Å². The number of anilines is 1. The van der Waals surface area contributed by atoms with Crippen molar-refractivity contribution in [3.05, 3.63) is 42.3 Å². The van der Waals surface area contributed by atoms with Gasteiger partial charge in [-0.25, -0.2) is 13.4 Å². The number of hydrogen-bond acceptors (Lipinski definition) is 5. The first kappa shape index (κ1) is 16.3. The Kier molecular flexibility index (Phi) is 3.41. The van der Waals surface area contributed by atoms with Crippen LogP contribution in [0.2, 0.25) is 0 Å². The average molecular weight is 376 g/mol. The minimum Gasteiger partial charge on any atom is -0.506 e. The SMILES string of the molecule is Cn1ncc2cc(-c3ccc(O)c(N4CC(=O)NS4(=O)=O)c3F)ccc21. The van der Waals surface area contributed by atoms with E-state index in [9.17, 15) is 18.3 Å². The Morgan fingerprint density at radius 3 is 2.73 bits per heavy atom. The molecule has 1 aliphatic rings. The fraction of sp³-hybridized carbons (Fsp3) is 0.125. The van der Waals surface area contributed by atoms with Gasteiger partial charge < -0.3 is 5.11 Å². The van der Waals surface area contributed by atoms with Gasteiger partial charge in [-0.3, -0.25) is 9.48 Å². The summed E-state index contributed by atoms with van der Waals surface area (Å²) in [6, 6.07) is 7.69. The summed E-state index contributed by atoms with van der Waals surface area (Å²) in [6.45, 7) is -0.599. The molecule has 2 aromatic carbocycles. The Labute approximate surface area is 147 Å². The first-order valence-corrected chi connectivity index (χ1v) is 8.99. The normalized spacial score (nSPS) is 16.2. The monoisotopic (exact) mass is 376 g/mol. The summed E-state index contributed by atoms with van der Waals surface area (Å²) in [4.78, 5) is 11.4. The molecule has 0 saturated carbocycles. The lowest BCUT2D eigenvalue weighted by Crippen LogP contribution is -2.30. The van der Waals surface area contributed by atoms with Crippen LogP contribution in [0.4, 0.5) is 10.1 Å². The molecular weight excluding hydrogens is 363 g/mol. The Morgan fingerprint density at radius 2 is 2.04 bits per heavy atom. The van der Waals surface area contributed by atoms with Gasteiger partial charge in [-0.1, -0.05) is 6.07 Å². The zero-order chi connectivity index (χ0) is 18.6. The second kappa shape index (κ2) is 5.43. The van der Waals surface area contributed by atoms with Gasteiger partial charge in [0.25, 0.3) is 5.91 Å². The predicted octanol–water partition coefficient (Wildman–Crippen LogP) is 1.27. The van der Waals surface area contributed by atoms with Crippen molar-refractivity contribution < 1.29 is 22.7 Å². The average Bonchev–Trinajstić information content (AvgIpc) is 3.06. The molecule has 0 bridgehead atoms. The minimum absolute atomic E-state index is 0.0955. The summed E-state index contributed by atoms with van der Waals surface area (Å²) in [6.07, 6.45) is 1.63. The molecule has 0 atom stereocenters. The van der Waals surface area contributed by atoms with E-state index >= 15 is 4.39 Å². The van der Waals surface area contributed by atoms with Gasteiger partial charge in [0.2, 0.25) is 0 Å². The standard InChI is InChI=1S/C16H13FN4O4S/c1-20-12-4-2-9(6-10(12)7-18-20)11-3-5-13(22)16(15(11)17)21-8-14(23)19-26(21,24)25/h2-7,22H,8H2,1H3,(H,19,23). The maximum atomic E-state index is 15.1. The molecule has 0 unspecified atom stereocenters. The van der Waals surface area contributed by atoms with Crippen LogP contribution in [0.1, 0.15) is 0 Å². The van der Waals surface area contributed by atoms with Crippen LogP contribution in [0.5, 0.6) is 5.75 Å². The number of nitrogens with one attached hydrogen (secondary N) is 1. The molecule has 1 fully saturated rings. The molecule has 2 heterocycles. The summed E-state index contributed by atoms with van der Waals surface area (Å²) in [7, 11) is -2.46. The highest BCUT2D eigenvalue weighted by molar-refractivity contribution is 7.92. The number of aromatic hydroxyl groups is 1. The van der Waals surface area contributed by atoms with Gasteiger partial charge in [0, 0.05) is 18.0 Å². The van der Waals surface area contributed by atoms with E-state index in [0.717, 1.165) is 10.9 Å². The van der Waals surface area contributed by atoms with Crippen molar-refractivity contribution in [3.8, 4) is 16.9 Å². The lowest BCUT2D eigenvalue weighted by atomic mass is 10.0. The van der Waals surface area contributed by atoms with Crippen LogP contribution in [-0.4, -0.2) is 35.8 Å². The number of aryl methyl sites for hydroxylation is 1. The van der Waals surface area contributed by atoms with Crippen LogP contribution in [0, 0.1) is 5.82 Å². The molecule has 1 aliphatic heterocycles. The smallest absolute Gasteiger partial charge is 0.326 e. The van der Waals surface area contributed by atoms with Gasteiger partial charge in [0.1, 0.15) is 18.0 Å². The van der Waals surface area contributed by atoms with Gasteiger partial charge in [-0.2, -0.15) is 13.5 Å². The van der Waals surface area contributed by atoms with Crippen molar-refractivity contribution in [2.24, 2.45) is 7.05 Å². The highest BCUT2D eigenvalue weighted by atomic mass is 32.2. The van der Waals surface area contributed by atoms with Crippen LogP contribution >= 0.6 is 0 Å². The van der Waals surface area contributed by atoms with Crippen molar-refractivity contribution in [1.82, 2.24) is 14.5 Å². The summed E-state index contributed by atoms with van der Waals surface area (Å²) in [5.41, 5.74) is 0.871. The Morgan fingerprint density at radius 1 is 1.27 bits per heavy atom. The lowest BCUT2D eigenvalue weighted by molar-refractivity contribution is -0.117. The van der Waals surface area contributed by atoms with Gasteiger partial charge in [0.15, 0.2) is 5.82 Å². The zero-order valence-corrected chi connectivity index (χ0v) is 14.3. The minimum atomic E-state index is -4.24. The van der Waals surface area contributed by atoms with Crippen molar-refractivity contribution in [3.63, 3.8) is 0 Å². The maximum Gasteiger partial charge on any atom is 0.326 e. The Bertz CT molecular complexity index is 1170. The van der Waals surface area contributed by atoms with E-state index in [-0.39, 0.29) is 5.56 Å². The largest absolute Gasteiger partial charge is 0.506 e. The molecule has 0 aliphatic carbocycles. The number of halogens is 1. The van der Waals surface area contributed by atoms with Crippen LogP contribution in [-0.2, 0) is 22.1 Å². The third-order valence-electron chi connectivity index (χ3n) is 4.22. The maximum absolute atomic E-state index is 15.1. The highest BCUT2D eigenvalue weighted by Crippen LogP contribution is 2.39. The summed E-state index contributed by atoms with van der Waals surface area (Å²) in [5, 5.41) is 14.9. The molecular formula is C16H13FN4O4S. The molecule has 3 aromatic rings. The quantitative estimate of drug-likeness (QED) is 0.701. The topological polar surface area (TPSA) is 105 Å². The number of aromatic nitrogens is 2. The van der Waals surface area contributed by atoms with E-state index in [1.807, 2.05) is 0 Å². The Hall–Kier alpha value is -3.14. The summed E-state index contributed by atoms with van der Waals surface area (Å²) < 4.78 is 43.1. The van der Waals surface area contributed by atoms with Crippen LogP contribution in [0.15, 0.2) is 36.5 Å². The van der Waals surface area contributed by atoms with Gasteiger partial charge in [0.05, 0.1) is 11.7 Å². The second-order valence-electron chi connectivity index (χ2n) is 5.87. The van der Waals surface area contributed by atoms with E-state index in [2.05, 4.69) is 5.10 Å². The molecule has 134 valence electrons. The third kappa shape index (κ3) is 2.37. The van der Waals surface area contributed by atoms with Gasteiger partial charge in [-0.05, 0) is 29.8 Å². The van der Waals surface area contributed by atoms with Crippen LogP contribution in [0.25, 0.3) is 22.0 Å². The molecule has 1 aromatic heterocycles.